The van der Waals surface area contributed by atoms with Gasteiger partial charge in [-0.05, 0) is 13.0 Å². The van der Waals surface area contributed by atoms with Gasteiger partial charge in [-0.15, -0.1) is 5.10 Å². The van der Waals surface area contributed by atoms with E-state index >= 15 is 0 Å². The molecule has 0 aliphatic carbocycles. The fourth-order valence-electron chi connectivity index (χ4n) is 1.93. The number of benzene rings is 1. The van der Waals surface area contributed by atoms with Gasteiger partial charge in [-0.3, -0.25) is 0 Å². The van der Waals surface area contributed by atoms with Gasteiger partial charge in [-0.25, -0.2) is 4.98 Å². The third-order valence-corrected chi connectivity index (χ3v) is 2.95. The molecule has 3 aromatic rings. The highest BCUT2D eigenvalue weighted by molar-refractivity contribution is 5.61. The molecule has 0 saturated heterocycles. The molecule has 0 bridgehead atoms. The molecule has 0 saturated carbocycles. The molecule has 2 heterocycles. The molecular formula is C14H14N4. The molecule has 0 aliphatic heterocycles. The van der Waals surface area contributed by atoms with Gasteiger partial charge < -0.3 is 0 Å². The van der Waals surface area contributed by atoms with Crippen molar-refractivity contribution < 1.29 is 0 Å². The minimum Gasteiger partial charge on any atom is -0.220 e. The standard InChI is InChI=1S/C14H14N4/c1-3-13-16-14-15-9-8-12(18(14)17-13)11-6-4-10(2)5-7-11/h4-9H,3H2,1-2H3. The lowest BCUT2D eigenvalue weighted by Crippen LogP contribution is -1.96. The van der Waals surface area contributed by atoms with Crippen molar-refractivity contribution in [2.45, 2.75) is 20.3 Å². The summed E-state index contributed by atoms with van der Waals surface area (Å²) >= 11 is 0. The number of hydrogen-bond donors (Lipinski definition) is 0. The maximum Gasteiger partial charge on any atom is 0.252 e. The molecule has 18 heavy (non-hydrogen) atoms. The molecule has 0 atom stereocenters. The van der Waals surface area contributed by atoms with Gasteiger partial charge in [0.2, 0.25) is 0 Å². The van der Waals surface area contributed by atoms with Gasteiger partial charge in [0.05, 0.1) is 5.69 Å². The van der Waals surface area contributed by atoms with Gasteiger partial charge in [-0.2, -0.15) is 9.50 Å². The van der Waals surface area contributed by atoms with E-state index in [9.17, 15) is 0 Å². The molecule has 4 heteroatoms. The average Bonchev–Trinajstić information content (AvgIpc) is 2.82. The van der Waals surface area contributed by atoms with Crippen LogP contribution in [0.5, 0.6) is 0 Å². The Kier molecular flexibility index (Phi) is 2.55. The summed E-state index contributed by atoms with van der Waals surface area (Å²) < 4.78 is 1.81. The van der Waals surface area contributed by atoms with E-state index in [0.29, 0.717) is 5.78 Å². The van der Waals surface area contributed by atoms with Crippen molar-refractivity contribution >= 4 is 5.78 Å². The highest BCUT2D eigenvalue weighted by atomic mass is 15.3. The van der Waals surface area contributed by atoms with E-state index in [1.54, 1.807) is 6.20 Å². The molecule has 1 aromatic carbocycles. The fraction of sp³-hybridized carbons (Fsp3) is 0.214. The summed E-state index contributed by atoms with van der Waals surface area (Å²) in [6.07, 6.45) is 2.59. The molecule has 0 unspecified atom stereocenters. The van der Waals surface area contributed by atoms with Crippen molar-refractivity contribution in [1.82, 2.24) is 19.6 Å². The maximum atomic E-state index is 4.47. The molecule has 0 fully saturated rings. The first-order valence-electron chi connectivity index (χ1n) is 6.05. The summed E-state index contributed by atoms with van der Waals surface area (Å²) in [6, 6.07) is 10.3. The Morgan fingerprint density at radius 3 is 2.61 bits per heavy atom. The van der Waals surface area contributed by atoms with E-state index in [-0.39, 0.29) is 0 Å². The number of rotatable bonds is 2. The molecular weight excluding hydrogens is 224 g/mol. The molecule has 4 nitrogen and oxygen atoms in total. The summed E-state index contributed by atoms with van der Waals surface area (Å²) in [7, 11) is 0. The van der Waals surface area contributed by atoms with Crippen LogP contribution in [0.15, 0.2) is 36.5 Å². The Hall–Kier alpha value is -2.23. The Bertz CT molecular complexity index is 683. The Morgan fingerprint density at radius 2 is 1.89 bits per heavy atom. The zero-order chi connectivity index (χ0) is 12.5. The lowest BCUT2D eigenvalue weighted by molar-refractivity contribution is 0.885. The predicted molar refractivity (Wildman–Crippen MR) is 70.3 cm³/mol. The SMILES string of the molecule is CCc1nc2nccc(-c3ccc(C)cc3)n2n1. The summed E-state index contributed by atoms with van der Waals surface area (Å²) in [5.41, 5.74) is 3.39. The number of aryl methyl sites for hydroxylation is 2. The van der Waals surface area contributed by atoms with E-state index < -0.39 is 0 Å². The number of fused-ring (bicyclic) bond motifs is 1. The molecule has 0 aliphatic rings. The molecule has 90 valence electrons. The van der Waals surface area contributed by atoms with Crippen molar-refractivity contribution in [3.05, 3.63) is 47.9 Å². The third-order valence-electron chi connectivity index (χ3n) is 2.95. The number of nitrogens with zero attached hydrogens (tertiary/aromatic N) is 4. The summed E-state index contributed by atoms with van der Waals surface area (Å²) in [5.74, 6) is 1.48. The van der Waals surface area contributed by atoms with Crippen molar-refractivity contribution in [2.24, 2.45) is 0 Å². The van der Waals surface area contributed by atoms with E-state index in [1.165, 1.54) is 5.56 Å². The quantitative estimate of drug-likeness (QED) is 0.689. The van der Waals surface area contributed by atoms with Crippen molar-refractivity contribution in [2.75, 3.05) is 0 Å². The highest BCUT2D eigenvalue weighted by Crippen LogP contribution is 2.19. The smallest absolute Gasteiger partial charge is 0.220 e. The van der Waals surface area contributed by atoms with Crippen LogP contribution in [-0.4, -0.2) is 19.6 Å². The van der Waals surface area contributed by atoms with Gasteiger partial charge in [0.1, 0.15) is 0 Å². The Labute approximate surface area is 105 Å². The van der Waals surface area contributed by atoms with Crippen LogP contribution in [0.3, 0.4) is 0 Å². The second kappa shape index (κ2) is 4.22. The normalized spacial score (nSPS) is 11.0. The van der Waals surface area contributed by atoms with Crippen LogP contribution in [-0.2, 0) is 6.42 Å². The van der Waals surface area contributed by atoms with E-state index in [4.69, 9.17) is 0 Å². The second-order valence-corrected chi connectivity index (χ2v) is 4.29. The van der Waals surface area contributed by atoms with Gasteiger partial charge in [0, 0.05) is 18.2 Å². The topological polar surface area (TPSA) is 43.1 Å². The van der Waals surface area contributed by atoms with Gasteiger partial charge in [-0.1, -0.05) is 36.8 Å². The Morgan fingerprint density at radius 1 is 1.11 bits per heavy atom. The van der Waals surface area contributed by atoms with Gasteiger partial charge >= 0.3 is 0 Å². The van der Waals surface area contributed by atoms with Crippen molar-refractivity contribution in [1.29, 1.82) is 0 Å². The number of hydrogen-bond acceptors (Lipinski definition) is 3. The highest BCUT2D eigenvalue weighted by Gasteiger charge is 2.08. The molecule has 0 spiro atoms. The lowest BCUT2D eigenvalue weighted by Gasteiger charge is -2.03. The van der Waals surface area contributed by atoms with Crippen LogP contribution >= 0.6 is 0 Å². The zero-order valence-electron chi connectivity index (χ0n) is 10.5. The third kappa shape index (κ3) is 1.76. The van der Waals surface area contributed by atoms with Gasteiger partial charge in [0.25, 0.3) is 5.78 Å². The van der Waals surface area contributed by atoms with Crippen LogP contribution in [0, 0.1) is 6.92 Å². The number of aromatic nitrogens is 4. The second-order valence-electron chi connectivity index (χ2n) is 4.29. The predicted octanol–water partition coefficient (Wildman–Crippen LogP) is 2.66. The molecule has 0 radical (unpaired) electrons. The first-order chi connectivity index (χ1) is 8.78. The first-order valence-corrected chi connectivity index (χ1v) is 6.05. The van der Waals surface area contributed by atoms with Crippen LogP contribution in [0.2, 0.25) is 0 Å². The lowest BCUT2D eigenvalue weighted by atomic mass is 10.1. The van der Waals surface area contributed by atoms with E-state index in [1.807, 2.05) is 17.5 Å². The average molecular weight is 238 g/mol. The maximum absolute atomic E-state index is 4.47. The first kappa shape index (κ1) is 10.9. The zero-order valence-corrected chi connectivity index (χ0v) is 10.5. The van der Waals surface area contributed by atoms with E-state index in [0.717, 1.165) is 23.5 Å². The van der Waals surface area contributed by atoms with Crippen LogP contribution < -0.4 is 0 Å². The molecule has 0 amide bonds. The monoisotopic (exact) mass is 238 g/mol. The summed E-state index contributed by atoms with van der Waals surface area (Å²) in [4.78, 5) is 8.62. The van der Waals surface area contributed by atoms with E-state index in [2.05, 4.69) is 46.3 Å². The van der Waals surface area contributed by atoms with Crippen LogP contribution in [0.4, 0.5) is 0 Å². The summed E-state index contributed by atoms with van der Waals surface area (Å²) in [5, 5.41) is 4.47. The minimum atomic E-state index is 0.657. The van der Waals surface area contributed by atoms with Crippen molar-refractivity contribution in [3.63, 3.8) is 0 Å². The van der Waals surface area contributed by atoms with Crippen LogP contribution in [0.25, 0.3) is 17.0 Å². The molecule has 3 rings (SSSR count). The Balaban J connectivity index is 2.22. The molecule has 0 N–H and O–H groups in total. The minimum absolute atomic E-state index is 0.657. The summed E-state index contributed by atoms with van der Waals surface area (Å²) in [6.45, 7) is 4.12. The molecule has 2 aromatic heterocycles. The fourth-order valence-corrected chi connectivity index (χ4v) is 1.93. The largest absolute Gasteiger partial charge is 0.252 e. The van der Waals surface area contributed by atoms with Gasteiger partial charge in [0.15, 0.2) is 5.82 Å². The van der Waals surface area contributed by atoms with Crippen molar-refractivity contribution in [3.8, 4) is 11.3 Å². The van der Waals surface area contributed by atoms with Crippen LogP contribution in [0.1, 0.15) is 18.3 Å².